The lowest BCUT2D eigenvalue weighted by Gasteiger charge is -2.32. The van der Waals surface area contributed by atoms with Crippen molar-refractivity contribution in [3.05, 3.63) is 94.3 Å². The molecular weight excluding hydrogens is 622 g/mol. The fraction of sp³-hybridized carbons (Fsp3) is 0.355. The predicted molar refractivity (Wildman–Crippen MR) is 159 cm³/mol. The Morgan fingerprint density at radius 3 is 2.27 bits per heavy atom. The van der Waals surface area contributed by atoms with Crippen molar-refractivity contribution in [3.63, 3.8) is 0 Å². The molecule has 1 N–H and O–H groups in total. The van der Waals surface area contributed by atoms with Crippen molar-refractivity contribution in [1.82, 2.24) is 10.2 Å². The molecule has 3 aromatic carbocycles. The highest BCUT2D eigenvalue weighted by Gasteiger charge is 2.37. The van der Waals surface area contributed by atoms with Gasteiger partial charge in [-0.1, -0.05) is 60.3 Å². The largest absolute Gasteiger partial charge is 0.417 e. The third-order valence-corrected chi connectivity index (χ3v) is 9.72. The van der Waals surface area contributed by atoms with E-state index in [1.807, 2.05) is 0 Å². The molecule has 4 rings (SSSR count). The van der Waals surface area contributed by atoms with Gasteiger partial charge in [-0.2, -0.15) is 13.2 Å². The van der Waals surface area contributed by atoms with Gasteiger partial charge in [0.25, 0.3) is 10.0 Å². The van der Waals surface area contributed by atoms with Crippen LogP contribution in [-0.4, -0.2) is 43.8 Å². The number of halogens is 5. The number of carbonyl (C=O) groups excluding carboxylic acids is 2. The lowest BCUT2D eigenvalue weighted by molar-refractivity contribution is -0.139. The lowest BCUT2D eigenvalue weighted by atomic mass is 10.1. The van der Waals surface area contributed by atoms with Gasteiger partial charge in [0.1, 0.15) is 18.4 Å². The van der Waals surface area contributed by atoms with Crippen LogP contribution in [0.2, 0.25) is 5.02 Å². The van der Waals surface area contributed by atoms with Crippen LogP contribution in [-0.2, 0) is 32.3 Å². The molecule has 3 aromatic rings. The molecule has 0 aliphatic heterocycles. The summed E-state index contributed by atoms with van der Waals surface area (Å²) >= 11 is 5.80. The van der Waals surface area contributed by atoms with E-state index in [0.29, 0.717) is 10.4 Å². The number of nitrogens with one attached hydrogen (secondary N) is 1. The monoisotopic (exact) mass is 653 g/mol. The molecule has 1 aliphatic carbocycles. The van der Waals surface area contributed by atoms with Gasteiger partial charge < -0.3 is 10.2 Å². The van der Waals surface area contributed by atoms with Crippen LogP contribution in [0.4, 0.5) is 23.2 Å². The highest BCUT2D eigenvalue weighted by Crippen LogP contribution is 2.38. The SMILES string of the molecule is Cc1ccc(S(=O)(=O)N(CC(=O)N(Cc2ccccc2F)C(C)C(=O)NC2CCCC2)c2ccc(Cl)c(C(F)(F)F)c2)cc1. The Morgan fingerprint density at radius 2 is 1.66 bits per heavy atom. The van der Waals surface area contributed by atoms with E-state index in [1.165, 1.54) is 49.4 Å². The first kappa shape index (κ1) is 33.3. The number of anilines is 1. The molecule has 0 saturated heterocycles. The van der Waals surface area contributed by atoms with Crippen molar-refractivity contribution >= 4 is 39.1 Å². The molecule has 0 bridgehead atoms. The quantitative estimate of drug-likeness (QED) is 0.254. The molecule has 1 saturated carbocycles. The molecule has 13 heteroatoms. The van der Waals surface area contributed by atoms with Crippen LogP contribution in [0.15, 0.2) is 71.6 Å². The molecule has 1 aliphatic rings. The van der Waals surface area contributed by atoms with E-state index in [0.717, 1.165) is 48.3 Å². The van der Waals surface area contributed by atoms with Gasteiger partial charge in [-0.3, -0.25) is 13.9 Å². The average Bonchev–Trinajstić information content (AvgIpc) is 3.48. The Kier molecular flexibility index (Phi) is 10.2. The van der Waals surface area contributed by atoms with E-state index >= 15 is 0 Å². The summed E-state index contributed by atoms with van der Waals surface area (Å²) in [5.74, 6) is -2.09. The second kappa shape index (κ2) is 13.6. The van der Waals surface area contributed by atoms with Crippen LogP contribution in [0.1, 0.15) is 49.3 Å². The van der Waals surface area contributed by atoms with Crippen LogP contribution < -0.4 is 9.62 Å². The summed E-state index contributed by atoms with van der Waals surface area (Å²) in [5.41, 5.74) is -0.957. The predicted octanol–water partition coefficient (Wildman–Crippen LogP) is 6.48. The number of hydrogen-bond acceptors (Lipinski definition) is 4. The first-order chi connectivity index (χ1) is 20.7. The van der Waals surface area contributed by atoms with Gasteiger partial charge in [0, 0.05) is 18.2 Å². The van der Waals surface area contributed by atoms with Crippen molar-refractivity contribution in [3.8, 4) is 0 Å². The number of hydrogen-bond donors (Lipinski definition) is 1. The van der Waals surface area contributed by atoms with E-state index in [-0.39, 0.29) is 16.5 Å². The third-order valence-electron chi connectivity index (χ3n) is 7.60. The molecule has 236 valence electrons. The summed E-state index contributed by atoms with van der Waals surface area (Å²) in [6.07, 6.45) is -1.52. The normalized spacial score (nSPS) is 14.7. The van der Waals surface area contributed by atoms with Crippen molar-refractivity contribution in [2.45, 2.75) is 69.2 Å². The van der Waals surface area contributed by atoms with Crippen molar-refractivity contribution in [1.29, 1.82) is 0 Å². The van der Waals surface area contributed by atoms with E-state index in [9.17, 15) is 35.6 Å². The van der Waals surface area contributed by atoms with Crippen LogP contribution in [0.5, 0.6) is 0 Å². The van der Waals surface area contributed by atoms with Crippen LogP contribution in [0, 0.1) is 12.7 Å². The summed E-state index contributed by atoms with van der Waals surface area (Å²) in [4.78, 5) is 28.0. The minimum atomic E-state index is -4.92. The van der Waals surface area contributed by atoms with E-state index in [1.54, 1.807) is 13.0 Å². The second-order valence-electron chi connectivity index (χ2n) is 10.8. The molecule has 0 aromatic heterocycles. The average molecular weight is 654 g/mol. The maximum Gasteiger partial charge on any atom is 0.417 e. The van der Waals surface area contributed by atoms with Gasteiger partial charge in [0.2, 0.25) is 11.8 Å². The Bertz CT molecular complexity index is 1610. The van der Waals surface area contributed by atoms with Crippen LogP contribution in [0.3, 0.4) is 0 Å². The number of alkyl halides is 3. The zero-order chi connectivity index (χ0) is 32.2. The summed E-state index contributed by atoms with van der Waals surface area (Å²) in [7, 11) is -4.62. The summed E-state index contributed by atoms with van der Waals surface area (Å²) < 4.78 is 84.4. The third kappa shape index (κ3) is 7.71. The highest BCUT2D eigenvalue weighted by molar-refractivity contribution is 7.92. The van der Waals surface area contributed by atoms with Gasteiger partial charge in [0.05, 0.1) is 21.2 Å². The Morgan fingerprint density at radius 1 is 1.02 bits per heavy atom. The number of carbonyl (C=O) groups is 2. The van der Waals surface area contributed by atoms with Crippen LogP contribution in [0.25, 0.3) is 0 Å². The molecular formula is C31H32ClF4N3O4S. The van der Waals surface area contributed by atoms with Crippen molar-refractivity contribution in [2.75, 3.05) is 10.8 Å². The van der Waals surface area contributed by atoms with Gasteiger partial charge in [0.15, 0.2) is 0 Å². The first-order valence-electron chi connectivity index (χ1n) is 14.0. The van der Waals surface area contributed by atoms with E-state index in [4.69, 9.17) is 11.6 Å². The first-order valence-corrected chi connectivity index (χ1v) is 15.8. The van der Waals surface area contributed by atoms with Crippen molar-refractivity contribution < 1.29 is 35.6 Å². The molecule has 1 atom stereocenters. The summed E-state index contributed by atoms with van der Waals surface area (Å²) in [6.45, 7) is 1.79. The summed E-state index contributed by atoms with van der Waals surface area (Å²) in [5, 5.41) is 2.24. The second-order valence-corrected chi connectivity index (χ2v) is 13.0. The van der Waals surface area contributed by atoms with Gasteiger partial charge >= 0.3 is 6.18 Å². The molecule has 2 amide bonds. The van der Waals surface area contributed by atoms with E-state index in [2.05, 4.69) is 5.32 Å². The zero-order valence-corrected chi connectivity index (χ0v) is 25.6. The van der Waals surface area contributed by atoms with Gasteiger partial charge in [-0.25, -0.2) is 12.8 Å². The molecule has 1 unspecified atom stereocenters. The maximum absolute atomic E-state index is 14.7. The molecule has 0 spiro atoms. The minimum Gasteiger partial charge on any atom is -0.352 e. The Hall–Kier alpha value is -3.64. The maximum atomic E-state index is 14.7. The van der Waals surface area contributed by atoms with Gasteiger partial charge in [-0.15, -0.1) is 0 Å². The number of benzene rings is 3. The van der Waals surface area contributed by atoms with Crippen LogP contribution >= 0.6 is 11.6 Å². The van der Waals surface area contributed by atoms with Gasteiger partial charge in [-0.05, 0) is 63.1 Å². The Labute approximate surface area is 258 Å². The molecule has 0 heterocycles. The highest BCUT2D eigenvalue weighted by atomic mass is 35.5. The zero-order valence-electron chi connectivity index (χ0n) is 24.1. The topological polar surface area (TPSA) is 86.8 Å². The van der Waals surface area contributed by atoms with E-state index < -0.39 is 69.2 Å². The van der Waals surface area contributed by atoms with Crippen molar-refractivity contribution in [2.24, 2.45) is 0 Å². The standard InChI is InChI=1S/C31H32ClF4N3O4S/c1-20-11-14-25(15-12-20)44(42,43)39(24-13-16-27(32)26(17-24)31(34,35)36)19-29(40)38(18-22-7-3-6-10-28(22)33)21(2)30(41)37-23-8-4-5-9-23/h3,6-7,10-17,21,23H,4-5,8-9,18-19H2,1-2H3,(H,37,41). The summed E-state index contributed by atoms with van der Waals surface area (Å²) in [6, 6.07) is 12.4. The minimum absolute atomic E-state index is 0.0696. The number of aryl methyl sites for hydroxylation is 1. The molecule has 7 nitrogen and oxygen atoms in total. The fourth-order valence-corrected chi connectivity index (χ4v) is 6.67. The number of sulfonamides is 1. The number of amides is 2. The fourth-order valence-electron chi connectivity index (χ4n) is 5.04. The lowest BCUT2D eigenvalue weighted by Crippen LogP contribution is -2.52. The Balaban J connectivity index is 1.76. The molecule has 44 heavy (non-hydrogen) atoms. The molecule has 1 fully saturated rings. The smallest absolute Gasteiger partial charge is 0.352 e. The number of nitrogens with zero attached hydrogens (tertiary/aromatic N) is 2. The molecule has 0 radical (unpaired) electrons. The number of rotatable bonds is 10.